The van der Waals surface area contributed by atoms with E-state index in [0.717, 1.165) is 4.47 Å². The Morgan fingerprint density at radius 3 is 2.89 bits per heavy atom. The molecule has 2 rings (SSSR count). The number of hydrogen-bond donors (Lipinski definition) is 1. The Kier molecular flexibility index (Phi) is 3.94. The van der Waals surface area contributed by atoms with E-state index in [1.165, 1.54) is 0 Å². The maximum absolute atomic E-state index is 12.0. The SMILES string of the molecule is COc1cccc(C(=O)Nc2ncccc2Br)c1. The van der Waals surface area contributed by atoms with Gasteiger partial charge in [0.15, 0.2) is 0 Å². The number of ether oxygens (including phenoxy) is 1. The molecule has 0 atom stereocenters. The maximum atomic E-state index is 12.0. The van der Waals surface area contributed by atoms with Gasteiger partial charge in [-0.2, -0.15) is 0 Å². The largest absolute Gasteiger partial charge is 0.497 e. The molecule has 5 heteroatoms. The average molecular weight is 307 g/mol. The van der Waals surface area contributed by atoms with Crippen LogP contribution in [0.25, 0.3) is 0 Å². The lowest BCUT2D eigenvalue weighted by Gasteiger charge is -2.07. The molecule has 1 aromatic heterocycles. The van der Waals surface area contributed by atoms with Gasteiger partial charge in [-0.15, -0.1) is 0 Å². The molecule has 0 saturated carbocycles. The van der Waals surface area contributed by atoms with E-state index >= 15 is 0 Å². The highest BCUT2D eigenvalue weighted by atomic mass is 79.9. The van der Waals surface area contributed by atoms with Gasteiger partial charge < -0.3 is 10.1 Å². The van der Waals surface area contributed by atoms with Crippen LogP contribution in [-0.4, -0.2) is 18.0 Å². The summed E-state index contributed by atoms with van der Waals surface area (Å²) in [6.45, 7) is 0. The van der Waals surface area contributed by atoms with Gasteiger partial charge in [-0.05, 0) is 46.3 Å². The third-order valence-electron chi connectivity index (χ3n) is 2.32. The van der Waals surface area contributed by atoms with Crippen LogP contribution >= 0.6 is 15.9 Å². The van der Waals surface area contributed by atoms with Gasteiger partial charge >= 0.3 is 0 Å². The molecule has 0 spiro atoms. The molecule has 4 nitrogen and oxygen atoms in total. The van der Waals surface area contributed by atoms with Crippen LogP contribution in [-0.2, 0) is 0 Å². The first-order chi connectivity index (χ1) is 8.70. The van der Waals surface area contributed by atoms with E-state index in [9.17, 15) is 4.79 Å². The number of benzene rings is 1. The molecule has 0 aliphatic heterocycles. The van der Waals surface area contributed by atoms with Gasteiger partial charge in [-0.25, -0.2) is 4.98 Å². The topological polar surface area (TPSA) is 51.2 Å². The molecular formula is C13H11BrN2O2. The monoisotopic (exact) mass is 306 g/mol. The number of amides is 1. The molecule has 1 N–H and O–H groups in total. The number of pyridine rings is 1. The fourth-order valence-corrected chi connectivity index (χ4v) is 1.78. The second kappa shape index (κ2) is 5.64. The van der Waals surface area contributed by atoms with E-state index < -0.39 is 0 Å². The van der Waals surface area contributed by atoms with Gasteiger partial charge in [-0.3, -0.25) is 4.79 Å². The van der Waals surface area contributed by atoms with Crippen molar-refractivity contribution in [3.8, 4) is 5.75 Å². The van der Waals surface area contributed by atoms with Crippen molar-refractivity contribution >= 4 is 27.7 Å². The van der Waals surface area contributed by atoms with Gasteiger partial charge in [0.2, 0.25) is 0 Å². The maximum Gasteiger partial charge on any atom is 0.256 e. The van der Waals surface area contributed by atoms with Crippen LogP contribution in [0.5, 0.6) is 5.75 Å². The summed E-state index contributed by atoms with van der Waals surface area (Å²) >= 11 is 3.32. The third kappa shape index (κ3) is 2.87. The Labute approximate surface area is 113 Å². The Morgan fingerprint density at radius 2 is 2.17 bits per heavy atom. The van der Waals surface area contributed by atoms with Crippen LogP contribution in [0, 0.1) is 0 Å². The molecule has 0 aliphatic carbocycles. The zero-order chi connectivity index (χ0) is 13.0. The molecule has 0 bridgehead atoms. The number of rotatable bonds is 3. The van der Waals surface area contributed by atoms with Crippen LogP contribution in [0.4, 0.5) is 5.82 Å². The molecule has 0 fully saturated rings. The number of aromatic nitrogens is 1. The third-order valence-corrected chi connectivity index (χ3v) is 2.96. The summed E-state index contributed by atoms with van der Waals surface area (Å²) in [6, 6.07) is 10.5. The van der Waals surface area contributed by atoms with Crippen molar-refractivity contribution in [3.63, 3.8) is 0 Å². The number of hydrogen-bond acceptors (Lipinski definition) is 3. The molecule has 1 amide bonds. The van der Waals surface area contributed by atoms with E-state index in [0.29, 0.717) is 17.1 Å². The molecule has 0 radical (unpaired) electrons. The van der Waals surface area contributed by atoms with Crippen LogP contribution in [0.2, 0.25) is 0 Å². The van der Waals surface area contributed by atoms with Crippen molar-refractivity contribution in [2.45, 2.75) is 0 Å². The zero-order valence-corrected chi connectivity index (χ0v) is 11.3. The summed E-state index contributed by atoms with van der Waals surface area (Å²) in [5, 5.41) is 2.73. The minimum atomic E-state index is -0.228. The van der Waals surface area contributed by atoms with Crippen molar-refractivity contribution in [3.05, 3.63) is 52.6 Å². The van der Waals surface area contributed by atoms with E-state index in [4.69, 9.17) is 4.74 Å². The first kappa shape index (κ1) is 12.6. The highest BCUT2D eigenvalue weighted by Gasteiger charge is 2.09. The summed E-state index contributed by atoms with van der Waals surface area (Å²) < 4.78 is 5.81. The minimum absolute atomic E-state index is 0.228. The van der Waals surface area contributed by atoms with Crippen molar-refractivity contribution < 1.29 is 9.53 Å². The zero-order valence-electron chi connectivity index (χ0n) is 9.68. The summed E-state index contributed by atoms with van der Waals surface area (Å²) in [5.41, 5.74) is 0.520. The molecular weight excluding hydrogens is 296 g/mol. The standard InChI is InChI=1S/C13H11BrN2O2/c1-18-10-5-2-4-9(8-10)13(17)16-12-11(14)6-3-7-15-12/h2-8H,1H3,(H,15,16,17). The average Bonchev–Trinajstić information content (AvgIpc) is 2.41. The smallest absolute Gasteiger partial charge is 0.256 e. The van der Waals surface area contributed by atoms with Gasteiger partial charge in [0, 0.05) is 11.8 Å². The predicted octanol–water partition coefficient (Wildman–Crippen LogP) is 3.11. The predicted molar refractivity (Wildman–Crippen MR) is 72.9 cm³/mol. The molecule has 0 unspecified atom stereocenters. The van der Waals surface area contributed by atoms with Crippen LogP contribution in [0.3, 0.4) is 0 Å². The fraction of sp³-hybridized carbons (Fsp3) is 0.0769. The summed E-state index contributed by atoms with van der Waals surface area (Å²) in [5.74, 6) is 0.904. The quantitative estimate of drug-likeness (QED) is 0.948. The number of nitrogens with zero attached hydrogens (tertiary/aromatic N) is 1. The molecule has 0 aliphatic rings. The first-order valence-corrected chi connectivity index (χ1v) is 6.06. The minimum Gasteiger partial charge on any atom is -0.497 e. The van der Waals surface area contributed by atoms with Gasteiger partial charge in [0.05, 0.1) is 11.6 Å². The lowest BCUT2D eigenvalue weighted by Crippen LogP contribution is -2.13. The van der Waals surface area contributed by atoms with Crippen molar-refractivity contribution in [2.75, 3.05) is 12.4 Å². The second-order valence-corrected chi connectivity index (χ2v) is 4.37. The number of carbonyl (C=O) groups excluding carboxylic acids is 1. The fourth-order valence-electron chi connectivity index (χ4n) is 1.42. The molecule has 2 aromatic rings. The van der Waals surface area contributed by atoms with Crippen molar-refractivity contribution in [1.82, 2.24) is 4.98 Å². The van der Waals surface area contributed by atoms with E-state index in [1.807, 2.05) is 6.07 Å². The van der Waals surface area contributed by atoms with Gasteiger partial charge in [0.1, 0.15) is 11.6 Å². The molecule has 1 aromatic carbocycles. The van der Waals surface area contributed by atoms with Crippen LogP contribution in [0.15, 0.2) is 47.1 Å². The molecule has 92 valence electrons. The Morgan fingerprint density at radius 1 is 1.33 bits per heavy atom. The Hall–Kier alpha value is -1.88. The number of anilines is 1. The van der Waals surface area contributed by atoms with E-state index in [1.54, 1.807) is 43.6 Å². The lowest BCUT2D eigenvalue weighted by atomic mass is 10.2. The second-order valence-electron chi connectivity index (χ2n) is 3.52. The lowest BCUT2D eigenvalue weighted by molar-refractivity contribution is 0.102. The number of methoxy groups -OCH3 is 1. The molecule has 18 heavy (non-hydrogen) atoms. The van der Waals surface area contributed by atoms with E-state index in [-0.39, 0.29) is 5.91 Å². The van der Waals surface area contributed by atoms with Crippen LogP contribution in [0.1, 0.15) is 10.4 Å². The highest BCUT2D eigenvalue weighted by molar-refractivity contribution is 9.10. The van der Waals surface area contributed by atoms with Crippen molar-refractivity contribution in [1.29, 1.82) is 0 Å². The molecule has 1 heterocycles. The Bertz CT molecular complexity index is 572. The van der Waals surface area contributed by atoms with Gasteiger partial charge in [-0.1, -0.05) is 6.07 Å². The number of carbonyl (C=O) groups is 1. The van der Waals surface area contributed by atoms with Gasteiger partial charge in [0.25, 0.3) is 5.91 Å². The van der Waals surface area contributed by atoms with Crippen LogP contribution < -0.4 is 10.1 Å². The number of halogens is 1. The van der Waals surface area contributed by atoms with Crippen molar-refractivity contribution in [2.24, 2.45) is 0 Å². The Balaban J connectivity index is 2.19. The molecule has 0 saturated heterocycles. The summed E-state index contributed by atoms with van der Waals surface area (Å²) in [6.07, 6.45) is 1.62. The highest BCUT2D eigenvalue weighted by Crippen LogP contribution is 2.20. The number of nitrogens with one attached hydrogen (secondary N) is 1. The van der Waals surface area contributed by atoms with E-state index in [2.05, 4.69) is 26.2 Å². The normalized spacial score (nSPS) is 9.89. The first-order valence-electron chi connectivity index (χ1n) is 5.26. The summed E-state index contributed by atoms with van der Waals surface area (Å²) in [4.78, 5) is 16.1. The summed E-state index contributed by atoms with van der Waals surface area (Å²) in [7, 11) is 1.56.